The van der Waals surface area contributed by atoms with Crippen molar-refractivity contribution in [1.82, 2.24) is 10.9 Å². The van der Waals surface area contributed by atoms with Crippen molar-refractivity contribution in [2.24, 2.45) is 0 Å². The van der Waals surface area contributed by atoms with Crippen LogP contribution in [0.3, 0.4) is 0 Å². The highest BCUT2D eigenvalue weighted by Crippen LogP contribution is 2.12. The minimum atomic E-state index is -0.872. The Bertz CT molecular complexity index is 205. The maximum absolute atomic E-state index is 11.3. The molecule has 12 heavy (non-hydrogen) atoms. The second-order valence-electron chi connectivity index (χ2n) is 2.50. The fourth-order valence-corrected chi connectivity index (χ4v) is 1.07. The molecule has 1 heterocycles. The molecule has 0 aliphatic carbocycles. The Morgan fingerprint density at radius 2 is 2.33 bits per heavy atom. The van der Waals surface area contributed by atoms with Crippen LogP contribution in [-0.4, -0.2) is 32.3 Å². The monoisotopic (exact) mass is 172 g/mol. The average Bonchev–Trinajstić information content (AvgIpc) is 2.53. The maximum atomic E-state index is 11.3. The number of hydrogen-bond donors (Lipinski definition) is 2. The standard InChI is InChI=1S/C7H12N2O3/c1-11-5-7(6(10)12-2)3-4-8-9-7/h3-4,8-9H,5H2,1-2H3. The van der Waals surface area contributed by atoms with Crippen molar-refractivity contribution in [3.05, 3.63) is 12.3 Å². The summed E-state index contributed by atoms with van der Waals surface area (Å²) in [6.45, 7) is 0.239. The molecule has 0 fully saturated rings. The third-order valence-corrected chi connectivity index (χ3v) is 1.67. The molecule has 0 amide bonds. The first-order chi connectivity index (χ1) is 5.75. The van der Waals surface area contributed by atoms with Gasteiger partial charge >= 0.3 is 5.97 Å². The minimum Gasteiger partial charge on any atom is -0.467 e. The van der Waals surface area contributed by atoms with Crippen LogP contribution in [0.25, 0.3) is 0 Å². The number of rotatable bonds is 3. The van der Waals surface area contributed by atoms with Crippen LogP contribution in [-0.2, 0) is 14.3 Å². The van der Waals surface area contributed by atoms with Gasteiger partial charge in [-0.15, -0.1) is 0 Å². The van der Waals surface area contributed by atoms with E-state index in [1.54, 1.807) is 12.3 Å². The first-order valence-corrected chi connectivity index (χ1v) is 3.53. The Balaban J connectivity index is 2.72. The zero-order valence-electron chi connectivity index (χ0n) is 7.09. The first-order valence-electron chi connectivity index (χ1n) is 3.53. The fraction of sp³-hybridized carbons (Fsp3) is 0.571. The molecule has 5 heteroatoms. The molecule has 68 valence electrons. The van der Waals surface area contributed by atoms with E-state index in [4.69, 9.17) is 4.74 Å². The minimum absolute atomic E-state index is 0.239. The van der Waals surface area contributed by atoms with Gasteiger partial charge in [0.15, 0.2) is 5.54 Å². The van der Waals surface area contributed by atoms with Crippen LogP contribution in [0.1, 0.15) is 0 Å². The molecular formula is C7H12N2O3. The predicted molar refractivity (Wildman–Crippen MR) is 42.0 cm³/mol. The highest BCUT2D eigenvalue weighted by atomic mass is 16.5. The SMILES string of the molecule is COCC1(C(=O)OC)C=CNN1. The summed E-state index contributed by atoms with van der Waals surface area (Å²) in [5.41, 5.74) is 4.59. The number of hydrazine groups is 1. The van der Waals surface area contributed by atoms with Gasteiger partial charge in [-0.2, -0.15) is 0 Å². The van der Waals surface area contributed by atoms with Crippen LogP contribution >= 0.6 is 0 Å². The Hall–Kier alpha value is -1.07. The molecule has 1 unspecified atom stereocenters. The van der Waals surface area contributed by atoms with E-state index in [2.05, 4.69) is 15.6 Å². The highest BCUT2D eigenvalue weighted by Gasteiger charge is 2.39. The number of nitrogens with one attached hydrogen (secondary N) is 2. The number of carbonyl (C=O) groups is 1. The van der Waals surface area contributed by atoms with E-state index in [0.717, 1.165) is 0 Å². The van der Waals surface area contributed by atoms with Crippen LogP contribution in [0.4, 0.5) is 0 Å². The molecule has 2 N–H and O–H groups in total. The average molecular weight is 172 g/mol. The van der Waals surface area contributed by atoms with Gasteiger partial charge < -0.3 is 14.9 Å². The van der Waals surface area contributed by atoms with Gasteiger partial charge in [0, 0.05) is 13.3 Å². The van der Waals surface area contributed by atoms with Crippen LogP contribution in [0, 0.1) is 0 Å². The summed E-state index contributed by atoms with van der Waals surface area (Å²) in [4.78, 5) is 11.3. The van der Waals surface area contributed by atoms with Crippen molar-refractivity contribution in [3.63, 3.8) is 0 Å². The fourth-order valence-electron chi connectivity index (χ4n) is 1.07. The molecular weight excluding hydrogens is 160 g/mol. The summed E-state index contributed by atoms with van der Waals surface area (Å²) in [7, 11) is 2.87. The number of hydrogen-bond acceptors (Lipinski definition) is 5. The molecule has 1 rings (SSSR count). The van der Waals surface area contributed by atoms with Crippen molar-refractivity contribution < 1.29 is 14.3 Å². The van der Waals surface area contributed by atoms with Crippen LogP contribution in [0.15, 0.2) is 12.3 Å². The molecule has 0 aromatic heterocycles. The largest absolute Gasteiger partial charge is 0.467 e. The Labute approximate surface area is 70.7 Å². The second-order valence-corrected chi connectivity index (χ2v) is 2.50. The van der Waals surface area contributed by atoms with Gasteiger partial charge in [-0.05, 0) is 6.08 Å². The zero-order valence-corrected chi connectivity index (χ0v) is 7.09. The number of esters is 1. The van der Waals surface area contributed by atoms with E-state index in [0.29, 0.717) is 0 Å². The number of carbonyl (C=O) groups excluding carboxylic acids is 1. The number of methoxy groups -OCH3 is 2. The molecule has 0 saturated heterocycles. The first kappa shape index (κ1) is 9.02. The lowest BCUT2D eigenvalue weighted by molar-refractivity contribution is -0.148. The van der Waals surface area contributed by atoms with Gasteiger partial charge in [0.05, 0.1) is 13.7 Å². The smallest absolute Gasteiger partial charge is 0.334 e. The summed E-state index contributed by atoms with van der Waals surface area (Å²) in [5.74, 6) is -0.370. The number of ether oxygens (including phenoxy) is 2. The van der Waals surface area contributed by atoms with Gasteiger partial charge in [-0.25, -0.2) is 10.2 Å². The summed E-state index contributed by atoms with van der Waals surface area (Å²) >= 11 is 0. The van der Waals surface area contributed by atoms with Crippen LogP contribution in [0.2, 0.25) is 0 Å². The Morgan fingerprint density at radius 3 is 2.75 bits per heavy atom. The van der Waals surface area contributed by atoms with Crippen molar-refractivity contribution in [1.29, 1.82) is 0 Å². The summed E-state index contributed by atoms with van der Waals surface area (Å²) in [6.07, 6.45) is 3.30. The molecule has 1 atom stereocenters. The molecule has 0 saturated carbocycles. The molecule has 1 aliphatic rings. The quantitative estimate of drug-likeness (QED) is 0.544. The van der Waals surface area contributed by atoms with Crippen molar-refractivity contribution >= 4 is 5.97 Å². The molecule has 0 bridgehead atoms. The van der Waals surface area contributed by atoms with Crippen molar-refractivity contribution in [3.8, 4) is 0 Å². The van der Waals surface area contributed by atoms with Gasteiger partial charge in [0.1, 0.15) is 0 Å². The highest BCUT2D eigenvalue weighted by molar-refractivity contribution is 5.84. The van der Waals surface area contributed by atoms with Crippen LogP contribution < -0.4 is 10.9 Å². The Morgan fingerprint density at radius 1 is 1.58 bits per heavy atom. The van der Waals surface area contributed by atoms with Crippen molar-refractivity contribution in [2.75, 3.05) is 20.8 Å². The lowest BCUT2D eigenvalue weighted by Crippen LogP contribution is -2.54. The summed E-state index contributed by atoms with van der Waals surface area (Å²) in [6, 6.07) is 0. The van der Waals surface area contributed by atoms with E-state index >= 15 is 0 Å². The third kappa shape index (κ3) is 1.41. The van der Waals surface area contributed by atoms with Gasteiger partial charge in [0.2, 0.25) is 0 Å². The van der Waals surface area contributed by atoms with Gasteiger partial charge in [-0.3, -0.25) is 0 Å². The van der Waals surface area contributed by atoms with E-state index in [9.17, 15) is 4.79 Å². The van der Waals surface area contributed by atoms with Crippen LogP contribution in [0.5, 0.6) is 0 Å². The maximum Gasteiger partial charge on any atom is 0.334 e. The lowest BCUT2D eigenvalue weighted by atomic mass is 10.0. The van der Waals surface area contributed by atoms with E-state index in [-0.39, 0.29) is 12.6 Å². The Kier molecular flexibility index (Phi) is 2.67. The van der Waals surface area contributed by atoms with E-state index < -0.39 is 5.54 Å². The normalized spacial score (nSPS) is 26.8. The summed E-state index contributed by atoms with van der Waals surface area (Å²) in [5, 5.41) is 0. The summed E-state index contributed by atoms with van der Waals surface area (Å²) < 4.78 is 9.51. The van der Waals surface area contributed by atoms with E-state index in [1.165, 1.54) is 14.2 Å². The topological polar surface area (TPSA) is 59.6 Å². The second kappa shape index (κ2) is 3.55. The third-order valence-electron chi connectivity index (χ3n) is 1.67. The lowest BCUT2D eigenvalue weighted by Gasteiger charge is -2.22. The molecule has 0 aromatic carbocycles. The molecule has 0 spiro atoms. The molecule has 5 nitrogen and oxygen atoms in total. The molecule has 0 radical (unpaired) electrons. The molecule has 1 aliphatic heterocycles. The van der Waals surface area contributed by atoms with Crippen molar-refractivity contribution in [2.45, 2.75) is 5.54 Å². The van der Waals surface area contributed by atoms with Gasteiger partial charge in [-0.1, -0.05) is 0 Å². The predicted octanol–water partition coefficient (Wildman–Crippen LogP) is -0.834. The molecule has 0 aromatic rings. The van der Waals surface area contributed by atoms with E-state index in [1.807, 2.05) is 0 Å². The zero-order chi connectivity index (χ0) is 9.03. The van der Waals surface area contributed by atoms with Gasteiger partial charge in [0.25, 0.3) is 0 Å².